The monoisotopic (exact) mass is 520 g/mol. The quantitative estimate of drug-likeness (QED) is 0.216. The fourth-order valence-corrected chi connectivity index (χ4v) is 2.47. The lowest BCUT2D eigenvalue weighted by Crippen LogP contribution is -2.42. The topological polar surface area (TPSA) is 95.0 Å². The summed E-state index contributed by atoms with van der Waals surface area (Å²) in [6, 6.07) is 7.44. The van der Waals surface area contributed by atoms with Crippen LogP contribution in [-0.4, -0.2) is 49.3 Å². The van der Waals surface area contributed by atoms with Gasteiger partial charge in [-0.25, -0.2) is 0 Å². The van der Waals surface area contributed by atoms with Crippen molar-refractivity contribution in [1.29, 1.82) is 0 Å². The van der Waals surface area contributed by atoms with Crippen LogP contribution < -0.4 is 20.7 Å². The summed E-state index contributed by atoms with van der Waals surface area (Å²) in [5.74, 6) is 1.26. The van der Waals surface area contributed by atoms with E-state index in [0.717, 1.165) is 11.3 Å². The third kappa shape index (κ3) is 10.2. The van der Waals surface area contributed by atoms with E-state index in [1.54, 1.807) is 0 Å². The van der Waals surface area contributed by atoms with Crippen LogP contribution in [-0.2, 0) is 4.79 Å². The molecule has 4 N–H and O–H groups in total. The van der Waals surface area contributed by atoms with Gasteiger partial charge in [-0.05, 0) is 59.2 Å². The smallest absolute Gasteiger partial charge is 0.227 e. The summed E-state index contributed by atoms with van der Waals surface area (Å²) >= 11 is 0. The van der Waals surface area contributed by atoms with Crippen LogP contribution in [0.1, 0.15) is 53.2 Å². The lowest BCUT2D eigenvalue weighted by Gasteiger charge is -2.22. The lowest BCUT2D eigenvalue weighted by atomic mass is 9.92. The first kappa shape index (κ1) is 27.5. The number of ether oxygens (including phenoxy) is 1. The Labute approximate surface area is 192 Å². The van der Waals surface area contributed by atoms with Crippen molar-refractivity contribution >= 4 is 35.8 Å². The van der Waals surface area contributed by atoms with Crippen LogP contribution in [0.15, 0.2) is 29.3 Å². The number of hydrogen-bond acceptors (Lipinski definition) is 4. The molecule has 1 unspecified atom stereocenters. The van der Waals surface area contributed by atoms with Crippen LogP contribution >= 0.6 is 24.0 Å². The molecule has 166 valence electrons. The molecular formula is C21H37IN4O3. The van der Waals surface area contributed by atoms with Gasteiger partial charge in [0.1, 0.15) is 5.75 Å². The van der Waals surface area contributed by atoms with E-state index in [1.807, 2.05) is 65.8 Å². The van der Waals surface area contributed by atoms with Crippen LogP contribution in [0.5, 0.6) is 5.75 Å². The molecule has 0 aromatic heterocycles. The molecule has 0 spiro atoms. The second-order valence-electron chi connectivity index (χ2n) is 7.57. The number of nitrogens with zero attached hydrogens (tertiary/aromatic N) is 1. The molecule has 0 saturated heterocycles. The number of nitrogens with one attached hydrogen (secondary N) is 3. The van der Waals surface area contributed by atoms with Gasteiger partial charge in [-0.1, -0.05) is 12.1 Å². The minimum atomic E-state index is -0.712. The van der Waals surface area contributed by atoms with Gasteiger partial charge in [0, 0.05) is 19.6 Å². The number of aliphatic hydroxyl groups excluding tert-OH is 1. The highest BCUT2D eigenvalue weighted by molar-refractivity contribution is 14.0. The summed E-state index contributed by atoms with van der Waals surface area (Å²) in [6.45, 7) is 13.4. The summed E-state index contributed by atoms with van der Waals surface area (Å²) in [5, 5.41) is 19.6. The van der Waals surface area contributed by atoms with E-state index >= 15 is 0 Å². The van der Waals surface area contributed by atoms with Crippen LogP contribution in [0.2, 0.25) is 0 Å². The Balaban J connectivity index is 0.00000784. The number of benzene rings is 1. The molecule has 1 aromatic rings. The molecular weight excluding hydrogens is 483 g/mol. The van der Waals surface area contributed by atoms with Crippen molar-refractivity contribution < 1.29 is 14.6 Å². The fourth-order valence-electron chi connectivity index (χ4n) is 2.47. The molecule has 1 rings (SSSR count). The zero-order valence-corrected chi connectivity index (χ0v) is 20.7. The van der Waals surface area contributed by atoms with Crippen molar-refractivity contribution in [3.05, 3.63) is 29.8 Å². The molecule has 0 aliphatic heterocycles. The standard InChI is InChI=1S/C21H36N4O3.HI/c1-7-22-19(27)21(5,6)14-25-20(23-8-2)24-13-18(26)16-10-9-11-17(12-16)28-15(3)4;/h9-12,15,18,26H,7-8,13-14H2,1-6H3,(H,22,27)(H2,23,24,25);1H. The number of amides is 1. The molecule has 0 fully saturated rings. The maximum Gasteiger partial charge on any atom is 0.227 e. The average molecular weight is 520 g/mol. The number of carbonyl (C=O) groups is 1. The predicted molar refractivity (Wildman–Crippen MR) is 129 cm³/mol. The number of aliphatic imine (C=N–C) groups is 1. The molecule has 0 radical (unpaired) electrons. The van der Waals surface area contributed by atoms with Crippen LogP contribution in [0.25, 0.3) is 0 Å². The van der Waals surface area contributed by atoms with E-state index in [9.17, 15) is 9.90 Å². The Morgan fingerprint density at radius 3 is 2.41 bits per heavy atom. The highest BCUT2D eigenvalue weighted by atomic mass is 127. The first-order valence-corrected chi connectivity index (χ1v) is 9.94. The third-order valence-electron chi connectivity index (χ3n) is 4.01. The van der Waals surface area contributed by atoms with Crippen LogP contribution in [0.4, 0.5) is 0 Å². The van der Waals surface area contributed by atoms with E-state index in [1.165, 1.54) is 0 Å². The molecule has 0 aliphatic rings. The molecule has 1 atom stereocenters. The van der Waals surface area contributed by atoms with Gasteiger partial charge in [-0.15, -0.1) is 24.0 Å². The van der Waals surface area contributed by atoms with Gasteiger partial charge < -0.3 is 25.8 Å². The first-order valence-electron chi connectivity index (χ1n) is 9.94. The SMILES string of the molecule is CCNC(=O)C(C)(C)CN=C(NCC)NCC(O)c1cccc(OC(C)C)c1.I. The van der Waals surface area contributed by atoms with Crippen LogP contribution in [0, 0.1) is 5.41 Å². The zero-order valence-electron chi connectivity index (χ0n) is 18.4. The van der Waals surface area contributed by atoms with E-state index in [0.29, 0.717) is 32.1 Å². The van der Waals surface area contributed by atoms with Crippen molar-refractivity contribution in [2.24, 2.45) is 10.4 Å². The van der Waals surface area contributed by atoms with Gasteiger partial charge in [0.05, 0.1) is 24.2 Å². The Bertz CT molecular complexity index is 651. The van der Waals surface area contributed by atoms with E-state index in [2.05, 4.69) is 20.9 Å². The number of halogens is 1. The number of carbonyl (C=O) groups excluding carboxylic acids is 1. The molecule has 0 saturated carbocycles. The Morgan fingerprint density at radius 2 is 1.83 bits per heavy atom. The van der Waals surface area contributed by atoms with Crippen LogP contribution in [0.3, 0.4) is 0 Å². The molecule has 1 aromatic carbocycles. The second-order valence-corrected chi connectivity index (χ2v) is 7.57. The van der Waals surface area contributed by atoms with E-state index < -0.39 is 11.5 Å². The summed E-state index contributed by atoms with van der Waals surface area (Å²) < 4.78 is 5.68. The van der Waals surface area contributed by atoms with E-state index in [4.69, 9.17) is 4.74 Å². The highest BCUT2D eigenvalue weighted by Crippen LogP contribution is 2.20. The highest BCUT2D eigenvalue weighted by Gasteiger charge is 2.26. The van der Waals surface area contributed by atoms with E-state index in [-0.39, 0.29) is 36.0 Å². The molecule has 1 amide bonds. The minimum absolute atomic E-state index is 0. The first-order chi connectivity index (χ1) is 13.2. The minimum Gasteiger partial charge on any atom is -0.491 e. The largest absolute Gasteiger partial charge is 0.491 e. The molecule has 0 heterocycles. The van der Waals surface area contributed by atoms with Gasteiger partial charge in [0.25, 0.3) is 0 Å². The number of aliphatic hydroxyl groups is 1. The molecule has 8 heteroatoms. The Hall–Kier alpha value is -1.55. The van der Waals surface area contributed by atoms with Gasteiger partial charge in [0.2, 0.25) is 5.91 Å². The molecule has 7 nitrogen and oxygen atoms in total. The average Bonchev–Trinajstić information content (AvgIpc) is 2.63. The normalized spacial score (nSPS) is 12.8. The Morgan fingerprint density at radius 1 is 1.17 bits per heavy atom. The summed E-state index contributed by atoms with van der Waals surface area (Å²) in [4.78, 5) is 16.6. The second kappa shape index (κ2) is 13.6. The fraction of sp³-hybridized carbons (Fsp3) is 0.619. The lowest BCUT2D eigenvalue weighted by molar-refractivity contribution is -0.128. The number of rotatable bonds is 10. The molecule has 29 heavy (non-hydrogen) atoms. The summed E-state index contributed by atoms with van der Waals surface area (Å²) in [7, 11) is 0. The zero-order chi connectivity index (χ0) is 21.2. The maximum absolute atomic E-state index is 12.1. The van der Waals surface area contributed by atoms with Gasteiger partial charge in [-0.2, -0.15) is 0 Å². The predicted octanol–water partition coefficient (Wildman–Crippen LogP) is 2.84. The van der Waals surface area contributed by atoms with Crippen molar-refractivity contribution in [2.75, 3.05) is 26.2 Å². The molecule has 0 bridgehead atoms. The van der Waals surface area contributed by atoms with Crippen molar-refractivity contribution in [2.45, 2.75) is 53.8 Å². The number of guanidine groups is 1. The van der Waals surface area contributed by atoms with Gasteiger partial charge in [0.15, 0.2) is 5.96 Å². The third-order valence-corrected chi connectivity index (χ3v) is 4.01. The summed E-state index contributed by atoms with van der Waals surface area (Å²) in [5.41, 5.74) is 0.156. The van der Waals surface area contributed by atoms with Crippen molar-refractivity contribution in [3.8, 4) is 5.75 Å². The molecule has 0 aliphatic carbocycles. The Kier molecular flexibility index (Phi) is 12.9. The van der Waals surface area contributed by atoms with Crippen molar-refractivity contribution in [1.82, 2.24) is 16.0 Å². The van der Waals surface area contributed by atoms with Crippen molar-refractivity contribution in [3.63, 3.8) is 0 Å². The maximum atomic E-state index is 12.1. The van der Waals surface area contributed by atoms with Gasteiger partial charge in [-0.3, -0.25) is 9.79 Å². The number of hydrogen-bond donors (Lipinski definition) is 4. The summed E-state index contributed by atoms with van der Waals surface area (Å²) in [6.07, 6.45) is -0.637. The van der Waals surface area contributed by atoms with Gasteiger partial charge >= 0.3 is 0 Å².